The molecule has 5 rings (SSSR count). The van der Waals surface area contributed by atoms with Crippen molar-refractivity contribution in [2.45, 2.75) is 62.6 Å². The predicted molar refractivity (Wildman–Crippen MR) is 154 cm³/mol. The van der Waals surface area contributed by atoms with E-state index in [2.05, 4.69) is 15.6 Å². The predicted octanol–water partition coefficient (Wildman–Crippen LogP) is 4.01. The Balaban J connectivity index is 1.08. The molecule has 3 aromatic rings. The van der Waals surface area contributed by atoms with Crippen molar-refractivity contribution in [3.05, 3.63) is 89.2 Å². The molecule has 2 fully saturated rings. The second-order valence-corrected chi connectivity index (χ2v) is 11.3. The van der Waals surface area contributed by atoms with E-state index in [0.29, 0.717) is 31.6 Å². The molecule has 2 aliphatic rings. The number of aliphatic hydroxyl groups excluding tert-OH is 1. The van der Waals surface area contributed by atoms with Crippen LogP contribution in [0.5, 0.6) is 0 Å². The van der Waals surface area contributed by atoms with E-state index in [1.807, 2.05) is 36.4 Å². The van der Waals surface area contributed by atoms with Crippen molar-refractivity contribution >= 4 is 11.8 Å². The van der Waals surface area contributed by atoms with Crippen LogP contribution >= 0.6 is 0 Å². The molecule has 1 aromatic heterocycles. The van der Waals surface area contributed by atoms with E-state index in [-0.39, 0.29) is 36.7 Å². The summed E-state index contributed by atoms with van der Waals surface area (Å²) in [5, 5.41) is 27.0. The minimum Gasteiger partial charge on any atom is -0.392 e. The fourth-order valence-corrected chi connectivity index (χ4v) is 5.95. The lowest BCUT2D eigenvalue weighted by Crippen LogP contribution is -2.46. The molecule has 1 saturated heterocycles. The number of aromatic nitrogens is 1. The maximum absolute atomic E-state index is 12.9. The molecule has 1 aliphatic carbocycles. The summed E-state index contributed by atoms with van der Waals surface area (Å²) in [4.78, 5) is 31.2. The fraction of sp³-hybridized carbons (Fsp3) is 0.406. The third-order valence-electron chi connectivity index (χ3n) is 8.42. The molecule has 1 saturated carbocycles. The van der Waals surface area contributed by atoms with Crippen molar-refractivity contribution < 1.29 is 33.0 Å². The van der Waals surface area contributed by atoms with Crippen molar-refractivity contribution in [1.29, 1.82) is 0 Å². The van der Waals surface area contributed by atoms with E-state index in [0.717, 1.165) is 54.2 Å². The zero-order chi connectivity index (χ0) is 30.6. The highest BCUT2D eigenvalue weighted by molar-refractivity contribution is 5.96. The summed E-state index contributed by atoms with van der Waals surface area (Å²) in [7, 11) is 0. The van der Waals surface area contributed by atoms with Gasteiger partial charge in [-0.1, -0.05) is 36.4 Å². The van der Waals surface area contributed by atoms with Gasteiger partial charge in [-0.05, 0) is 67.5 Å². The molecule has 43 heavy (non-hydrogen) atoms. The first-order chi connectivity index (χ1) is 20.6. The van der Waals surface area contributed by atoms with Crippen LogP contribution in [0.1, 0.15) is 59.3 Å². The second-order valence-electron chi connectivity index (χ2n) is 11.3. The zero-order valence-electron chi connectivity index (χ0n) is 23.6. The van der Waals surface area contributed by atoms with Gasteiger partial charge >= 0.3 is 6.18 Å². The molecule has 0 radical (unpaired) electrons. The highest BCUT2D eigenvalue weighted by atomic mass is 19.4. The number of rotatable bonds is 8. The average molecular weight is 597 g/mol. The fourth-order valence-electron chi connectivity index (χ4n) is 5.95. The number of benzene rings is 2. The van der Waals surface area contributed by atoms with Gasteiger partial charge in [-0.15, -0.1) is 0 Å². The molecule has 228 valence electrons. The summed E-state index contributed by atoms with van der Waals surface area (Å²) in [5.41, 5.74) is 1.13. The van der Waals surface area contributed by atoms with Gasteiger partial charge in [0.1, 0.15) is 5.60 Å². The van der Waals surface area contributed by atoms with Crippen LogP contribution in [0.25, 0.3) is 11.1 Å². The Labute approximate surface area is 247 Å². The molecule has 11 heteroatoms. The Bertz CT molecular complexity index is 1440. The summed E-state index contributed by atoms with van der Waals surface area (Å²) < 4.78 is 38.8. The first kappa shape index (κ1) is 30.7. The van der Waals surface area contributed by atoms with E-state index < -0.39 is 23.2 Å². The minimum absolute atomic E-state index is 0.0664. The van der Waals surface area contributed by atoms with E-state index >= 15 is 0 Å². The Morgan fingerprint density at radius 1 is 1.00 bits per heavy atom. The Hall–Kier alpha value is -3.80. The van der Waals surface area contributed by atoms with Gasteiger partial charge in [0.05, 0.1) is 24.4 Å². The highest BCUT2D eigenvalue weighted by Gasteiger charge is 2.37. The molecular weight excluding hydrogens is 561 g/mol. The van der Waals surface area contributed by atoms with Crippen molar-refractivity contribution in [3.8, 4) is 11.1 Å². The number of alkyl halides is 3. The molecule has 2 amide bonds. The highest BCUT2D eigenvalue weighted by Crippen LogP contribution is 2.37. The first-order valence-electron chi connectivity index (χ1n) is 14.4. The zero-order valence-corrected chi connectivity index (χ0v) is 23.6. The number of hydrogen-bond donors (Lipinski definition) is 4. The quantitative estimate of drug-likeness (QED) is 0.313. The molecule has 4 N–H and O–H groups in total. The molecule has 0 unspecified atom stereocenters. The lowest BCUT2D eigenvalue weighted by molar-refractivity contribution is -0.137. The van der Waals surface area contributed by atoms with E-state index in [4.69, 9.17) is 0 Å². The first-order valence-corrected chi connectivity index (χ1v) is 14.4. The van der Waals surface area contributed by atoms with Crippen molar-refractivity contribution in [2.75, 3.05) is 19.6 Å². The van der Waals surface area contributed by atoms with Crippen LogP contribution < -0.4 is 10.6 Å². The average Bonchev–Trinajstić information content (AvgIpc) is 3.49. The van der Waals surface area contributed by atoms with Crippen molar-refractivity contribution in [1.82, 2.24) is 20.5 Å². The van der Waals surface area contributed by atoms with Crippen LogP contribution in [0.15, 0.2) is 66.9 Å². The second kappa shape index (κ2) is 12.8. The van der Waals surface area contributed by atoms with Crippen LogP contribution in [-0.2, 0) is 23.2 Å². The number of hydrogen-bond acceptors (Lipinski definition) is 6. The lowest BCUT2D eigenvalue weighted by Gasteiger charge is -2.37. The largest absolute Gasteiger partial charge is 0.416 e. The number of nitrogens with one attached hydrogen (secondary N) is 2. The van der Waals surface area contributed by atoms with Gasteiger partial charge in [0.15, 0.2) is 0 Å². The van der Waals surface area contributed by atoms with Crippen LogP contribution in [0, 0.1) is 0 Å². The van der Waals surface area contributed by atoms with Crippen LogP contribution in [0.4, 0.5) is 13.2 Å². The number of amides is 2. The Morgan fingerprint density at radius 3 is 2.47 bits per heavy atom. The van der Waals surface area contributed by atoms with E-state index in [1.54, 1.807) is 11.1 Å². The topological polar surface area (TPSA) is 115 Å². The summed E-state index contributed by atoms with van der Waals surface area (Å²) in [5.74, 6) is -1.03. The van der Waals surface area contributed by atoms with Gasteiger partial charge in [0.25, 0.3) is 5.91 Å². The van der Waals surface area contributed by atoms with Gasteiger partial charge in [-0.25, -0.2) is 0 Å². The number of halogens is 3. The normalized spacial score (nSPS) is 22.4. The van der Waals surface area contributed by atoms with Crippen LogP contribution in [0.3, 0.4) is 0 Å². The third kappa shape index (κ3) is 7.23. The summed E-state index contributed by atoms with van der Waals surface area (Å²) in [6.45, 7) is 0.623. The summed E-state index contributed by atoms with van der Waals surface area (Å²) >= 11 is 0. The monoisotopic (exact) mass is 596 g/mol. The number of carbonyl (C=O) groups is 2. The van der Waals surface area contributed by atoms with Crippen molar-refractivity contribution in [3.63, 3.8) is 0 Å². The van der Waals surface area contributed by atoms with Gasteiger partial charge in [0.2, 0.25) is 5.91 Å². The maximum atomic E-state index is 12.9. The smallest absolute Gasteiger partial charge is 0.392 e. The number of carbonyl (C=O) groups excluding carboxylic acids is 2. The molecule has 1 atom stereocenters. The van der Waals surface area contributed by atoms with Crippen LogP contribution in [-0.4, -0.2) is 63.6 Å². The minimum atomic E-state index is -4.56. The molecular formula is C32H35F3N4O4. The number of aliphatic hydroxyl groups is 2. The van der Waals surface area contributed by atoms with E-state index in [1.165, 1.54) is 6.07 Å². The maximum Gasteiger partial charge on any atom is 0.416 e. The summed E-state index contributed by atoms with van der Waals surface area (Å²) in [6.07, 6.45) is 0.486. The van der Waals surface area contributed by atoms with Crippen molar-refractivity contribution in [2.24, 2.45) is 0 Å². The van der Waals surface area contributed by atoms with Gasteiger partial charge in [-0.3, -0.25) is 14.6 Å². The number of pyridine rings is 1. The Morgan fingerprint density at radius 2 is 1.77 bits per heavy atom. The van der Waals surface area contributed by atoms with Gasteiger partial charge in [0, 0.05) is 42.5 Å². The molecule has 0 spiro atoms. The van der Waals surface area contributed by atoms with Gasteiger partial charge in [-0.2, -0.15) is 13.2 Å². The SMILES string of the molecule is O=C(NCC(=O)N1CC[C@H](NC2CCC(O)(c3ccc(-c4ccccc4CO)cn3)CC2)C1)c1cccc(C(F)(F)F)c1. The lowest BCUT2D eigenvalue weighted by atomic mass is 9.79. The van der Waals surface area contributed by atoms with Crippen LogP contribution in [0.2, 0.25) is 0 Å². The molecule has 2 aromatic carbocycles. The standard InChI is InChI=1S/C32H35F3N4O4/c33-32(34,35)24-6-3-5-21(16-24)30(42)37-18-29(41)39-15-12-26(19-39)38-25-10-13-31(43,14-11-25)28-9-8-22(17-36-28)27-7-2-1-4-23(27)20-40/h1-9,16-17,25-26,38,40,43H,10-15,18-20H2,(H,37,42)/t25?,26-,31?/m0/s1. The molecule has 2 heterocycles. The Kier molecular flexibility index (Phi) is 9.14. The van der Waals surface area contributed by atoms with E-state index in [9.17, 15) is 33.0 Å². The molecule has 1 aliphatic heterocycles. The summed E-state index contributed by atoms with van der Waals surface area (Å²) in [6, 6.07) is 15.7. The number of likely N-dealkylation sites (tertiary alicyclic amines) is 1. The molecule has 8 nitrogen and oxygen atoms in total. The third-order valence-corrected chi connectivity index (χ3v) is 8.42. The number of nitrogens with zero attached hydrogens (tertiary/aromatic N) is 2. The van der Waals surface area contributed by atoms with Gasteiger partial charge < -0.3 is 25.7 Å². The molecule has 0 bridgehead atoms.